The summed E-state index contributed by atoms with van der Waals surface area (Å²) in [5, 5.41) is 15.4. The number of hydrogen-bond donors (Lipinski definition) is 1. The van der Waals surface area contributed by atoms with Gasteiger partial charge in [0.05, 0.1) is 12.7 Å². The van der Waals surface area contributed by atoms with Gasteiger partial charge in [0.1, 0.15) is 17.6 Å². The Kier molecular flexibility index (Phi) is 4.54. The minimum absolute atomic E-state index is 0.0681. The summed E-state index contributed by atoms with van der Waals surface area (Å²) in [6.45, 7) is 2.77. The molecule has 19 heavy (non-hydrogen) atoms. The molecule has 0 amide bonds. The van der Waals surface area contributed by atoms with Crippen molar-refractivity contribution in [3.8, 4) is 11.8 Å². The van der Waals surface area contributed by atoms with Crippen molar-refractivity contribution in [3.05, 3.63) is 47.9 Å². The number of hydrogen-bond acceptors (Lipinski definition) is 5. The van der Waals surface area contributed by atoms with Gasteiger partial charge in [0.15, 0.2) is 6.61 Å². The molecule has 2 rings (SSSR count). The Balaban J connectivity index is 1.88. The van der Waals surface area contributed by atoms with E-state index in [0.29, 0.717) is 12.3 Å². The molecular formula is C14H15N3O2. The van der Waals surface area contributed by atoms with E-state index in [1.165, 1.54) is 0 Å². The van der Waals surface area contributed by atoms with Crippen LogP contribution in [0.4, 0.5) is 0 Å². The normalized spacial score (nSPS) is 11.8. The lowest BCUT2D eigenvalue weighted by Crippen LogP contribution is -2.17. The highest BCUT2D eigenvalue weighted by atomic mass is 16.5. The molecule has 1 N–H and O–H groups in total. The highest BCUT2D eigenvalue weighted by Crippen LogP contribution is 2.18. The van der Waals surface area contributed by atoms with E-state index in [0.717, 1.165) is 11.3 Å². The van der Waals surface area contributed by atoms with Gasteiger partial charge in [-0.15, -0.1) is 0 Å². The molecule has 1 aromatic carbocycles. The Morgan fingerprint density at radius 2 is 2.16 bits per heavy atom. The van der Waals surface area contributed by atoms with Crippen molar-refractivity contribution in [2.24, 2.45) is 0 Å². The fraction of sp³-hybridized carbons (Fsp3) is 0.286. The van der Waals surface area contributed by atoms with E-state index < -0.39 is 0 Å². The average molecular weight is 257 g/mol. The molecular weight excluding hydrogens is 242 g/mol. The molecule has 98 valence electrons. The molecule has 1 heterocycles. The van der Waals surface area contributed by atoms with Gasteiger partial charge < -0.3 is 14.6 Å². The van der Waals surface area contributed by atoms with Gasteiger partial charge in [-0.25, -0.2) is 0 Å². The molecule has 0 aliphatic rings. The average Bonchev–Trinajstić information content (AvgIpc) is 2.96. The van der Waals surface area contributed by atoms with Crippen molar-refractivity contribution < 1.29 is 9.26 Å². The lowest BCUT2D eigenvalue weighted by molar-refractivity contribution is 0.364. The third kappa shape index (κ3) is 3.83. The number of nitrogens with one attached hydrogen (secondary N) is 1. The summed E-state index contributed by atoms with van der Waals surface area (Å²) in [5.41, 5.74) is 1.14. The second kappa shape index (κ2) is 6.57. The molecule has 0 spiro atoms. The number of nitriles is 1. The third-order valence-corrected chi connectivity index (χ3v) is 2.76. The molecule has 0 bridgehead atoms. The van der Waals surface area contributed by atoms with E-state index >= 15 is 0 Å². The summed E-state index contributed by atoms with van der Waals surface area (Å²) in [7, 11) is 0. The molecule has 1 atom stereocenters. The third-order valence-electron chi connectivity index (χ3n) is 2.76. The van der Waals surface area contributed by atoms with Gasteiger partial charge in [-0.2, -0.15) is 5.26 Å². The van der Waals surface area contributed by atoms with Gasteiger partial charge in [-0.1, -0.05) is 17.3 Å². The Morgan fingerprint density at radius 3 is 2.79 bits per heavy atom. The summed E-state index contributed by atoms with van der Waals surface area (Å²) >= 11 is 0. The van der Waals surface area contributed by atoms with Crippen LogP contribution >= 0.6 is 0 Å². The molecule has 0 saturated heterocycles. The first-order valence-corrected chi connectivity index (χ1v) is 6.02. The first kappa shape index (κ1) is 13.1. The fourth-order valence-corrected chi connectivity index (χ4v) is 1.67. The van der Waals surface area contributed by atoms with Crippen molar-refractivity contribution >= 4 is 0 Å². The largest absolute Gasteiger partial charge is 0.479 e. The zero-order valence-corrected chi connectivity index (χ0v) is 10.7. The summed E-state index contributed by atoms with van der Waals surface area (Å²) in [4.78, 5) is 0. The zero-order chi connectivity index (χ0) is 13.5. The van der Waals surface area contributed by atoms with Crippen molar-refractivity contribution in [2.45, 2.75) is 19.5 Å². The fourth-order valence-electron chi connectivity index (χ4n) is 1.67. The molecule has 0 fully saturated rings. The number of nitrogens with zero attached hydrogens (tertiary/aromatic N) is 2. The van der Waals surface area contributed by atoms with Gasteiger partial charge >= 0.3 is 0 Å². The molecule has 0 radical (unpaired) electrons. The minimum Gasteiger partial charge on any atom is -0.479 e. The van der Waals surface area contributed by atoms with Crippen molar-refractivity contribution in [1.29, 1.82) is 5.26 Å². The van der Waals surface area contributed by atoms with Crippen LogP contribution in [0.2, 0.25) is 0 Å². The van der Waals surface area contributed by atoms with Crippen molar-refractivity contribution in [3.63, 3.8) is 0 Å². The van der Waals surface area contributed by atoms with E-state index in [4.69, 9.17) is 14.5 Å². The first-order chi connectivity index (χ1) is 9.29. The number of rotatable bonds is 6. The molecule has 0 aliphatic heterocycles. The summed E-state index contributed by atoms with van der Waals surface area (Å²) in [5.74, 6) is 1.51. The molecule has 1 aromatic heterocycles. The molecule has 0 saturated carbocycles. The highest BCUT2D eigenvalue weighted by molar-refractivity contribution is 5.29. The van der Waals surface area contributed by atoms with E-state index in [1.807, 2.05) is 36.4 Å². The smallest absolute Gasteiger partial charge is 0.174 e. The second-order valence-electron chi connectivity index (χ2n) is 4.10. The monoisotopic (exact) mass is 257 g/mol. The maximum absolute atomic E-state index is 8.43. The Labute approximate surface area is 111 Å². The molecule has 2 aromatic rings. The lowest BCUT2D eigenvalue weighted by Gasteiger charge is -2.13. The van der Waals surface area contributed by atoms with Crippen LogP contribution in [0.15, 0.2) is 41.1 Å². The predicted molar refractivity (Wildman–Crippen MR) is 69.3 cm³/mol. The second-order valence-corrected chi connectivity index (χ2v) is 4.10. The van der Waals surface area contributed by atoms with Gasteiger partial charge in [0.2, 0.25) is 0 Å². The van der Waals surface area contributed by atoms with Crippen LogP contribution in [0.1, 0.15) is 24.3 Å². The van der Waals surface area contributed by atoms with Gasteiger partial charge in [-0.3, -0.25) is 0 Å². The van der Waals surface area contributed by atoms with E-state index in [-0.39, 0.29) is 12.6 Å². The van der Waals surface area contributed by atoms with Crippen LogP contribution < -0.4 is 10.1 Å². The maximum atomic E-state index is 8.43. The number of ether oxygens (including phenoxy) is 1. The van der Waals surface area contributed by atoms with Gasteiger partial charge in [-0.05, 0) is 24.6 Å². The quantitative estimate of drug-likeness (QED) is 0.860. The van der Waals surface area contributed by atoms with Crippen molar-refractivity contribution in [2.75, 3.05) is 6.61 Å². The van der Waals surface area contributed by atoms with Gasteiger partial charge in [0.25, 0.3) is 0 Å². The van der Waals surface area contributed by atoms with E-state index in [2.05, 4.69) is 17.4 Å². The van der Waals surface area contributed by atoms with Crippen LogP contribution in [0, 0.1) is 11.3 Å². The standard InChI is InChI=1S/C14H15N3O2/c1-11(16-10-14-6-8-17-19-14)12-2-4-13(5-3-12)18-9-7-15/h2-6,8,11,16H,9-10H2,1H3. The number of benzene rings is 1. The molecule has 5 nitrogen and oxygen atoms in total. The highest BCUT2D eigenvalue weighted by Gasteiger charge is 2.06. The predicted octanol–water partition coefficient (Wildman–Crippen LogP) is 2.43. The van der Waals surface area contributed by atoms with Crippen LogP contribution in [-0.2, 0) is 6.54 Å². The topological polar surface area (TPSA) is 71.1 Å². The van der Waals surface area contributed by atoms with E-state index in [9.17, 15) is 0 Å². The Morgan fingerprint density at radius 1 is 1.37 bits per heavy atom. The molecule has 5 heteroatoms. The van der Waals surface area contributed by atoms with Crippen LogP contribution in [0.25, 0.3) is 0 Å². The van der Waals surface area contributed by atoms with Crippen LogP contribution in [0.5, 0.6) is 5.75 Å². The Bertz CT molecular complexity index is 529. The Hall–Kier alpha value is -2.32. The summed E-state index contributed by atoms with van der Waals surface area (Å²) in [6.07, 6.45) is 1.63. The first-order valence-electron chi connectivity index (χ1n) is 6.02. The molecule has 0 aliphatic carbocycles. The SMILES string of the molecule is CC(NCc1ccno1)c1ccc(OCC#N)cc1. The summed E-state index contributed by atoms with van der Waals surface area (Å²) in [6, 6.07) is 11.6. The lowest BCUT2D eigenvalue weighted by atomic mass is 10.1. The van der Waals surface area contributed by atoms with E-state index in [1.54, 1.807) is 6.20 Å². The van der Waals surface area contributed by atoms with Crippen molar-refractivity contribution in [1.82, 2.24) is 10.5 Å². The van der Waals surface area contributed by atoms with Crippen LogP contribution in [-0.4, -0.2) is 11.8 Å². The maximum Gasteiger partial charge on any atom is 0.174 e. The summed E-state index contributed by atoms with van der Waals surface area (Å²) < 4.78 is 10.2. The minimum atomic E-state index is 0.0681. The number of aromatic nitrogens is 1. The van der Waals surface area contributed by atoms with Gasteiger partial charge in [0, 0.05) is 12.1 Å². The van der Waals surface area contributed by atoms with Crippen LogP contribution in [0.3, 0.4) is 0 Å². The zero-order valence-electron chi connectivity index (χ0n) is 10.7. The molecule has 1 unspecified atom stereocenters.